The molecule has 1 aromatic heterocycles. The van der Waals surface area contributed by atoms with E-state index in [1.54, 1.807) is 4.90 Å². The van der Waals surface area contributed by atoms with Crippen LogP contribution >= 0.6 is 0 Å². The Morgan fingerprint density at radius 3 is 2.62 bits per heavy atom. The highest BCUT2D eigenvalue weighted by molar-refractivity contribution is 7.89. The summed E-state index contributed by atoms with van der Waals surface area (Å²) in [5.74, 6) is 0.224. The minimum absolute atomic E-state index is 0.0353. The summed E-state index contributed by atoms with van der Waals surface area (Å²) >= 11 is 0. The molecule has 0 bridgehead atoms. The molecule has 116 valence electrons. The van der Waals surface area contributed by atoms with Crippen molar-refractivity contribution in [2.45, 2.75) is 43.7 Å². The number of pyridine rings is 1. The Hall–Kier alpha value is -1.67. The van der Waals surface area contributed by atoms with Gasteiger partial charge in [0.2, 0.25) is 15.9 Å². The number of nitrogens with zero attached hydrogens (tertiary/aromatic N) is 2. The van der Waals surface area contributed by atoms with Gasteiger partial charge in [0.05, 0.1) is 6.04 Å². The molecule has 8 heteroatoms. The lowest BCUT2D eigenvalue weighted by Crippen LogP contribution is -2.43. The molecule has 2 heterocycles. The number of amides is 1. The number of primary sulfonamides is 1. The van der Waals surface area contributed by atoms with E-state index in [9.17, 15) is 13.2 Å². The molecule has 1 unspecified atom stereocenters. The molecule has 2 rings (SSSR count). The molecule has 0 saturated carbocycles. The highest BCUT2D eigenvalue weighted by Crippen LogP contribution is 2.25. The molecule has 0 radical (unpaired) electrons. The smallest absolute Gasteiger partial charge is 0.241 e. The van der Waals surface area contributed by atoms with E-state index in [2.05, 4.69) is 10.3 Å². The fourth-order valence-electron chi connectivity index (χ4n) is 2.37. The summed E-state index contributed by atoms with van der Waals surface area (Å²) in [5.41, 5.74) is -0.263. The van der Waals surface area contributed by atoms with Crippen LogP contribution in [0.3, 0.4) is 0 Å². The van der Waals surface area contributed by atoms with Crippen LogP contribution in [0.15, 0.2) is 23.2 Å². The number of carbonyl (C=O) groups is 1. The van der Waals surface area contributed by atoms with Gasteiger partial charge < -0.3 is 10.2 Å². The number of carbonyl (C=O) groups excluding carboxylic acids is 1. The predicted molar refractivity (Wildman–Crippen MR) is 79.1 cm³/mol. The lowest BCUT2D eigenvalue weighted by molar-refractivity contribution is -0.131. The van der Waals surface area contributed by atoms with Crippen molar-refractivity contribution in [3.63, 3.8) is 0 Å². The molecule has 1 saturated heterocycles. The number of anilines is 1. The van der Waals surface area contributed by atoms with Gasteiger partial charge in [0.1, 0.15) is 10.7 Å². The fraction of sp³-hybridized carbons (Fsp3) is 0.538. The Bertz CT molecular complexity index is 652. The average Bonchev–Trinajstić information content (AvgIpc) is 2.69. The lowest BCUT2D eigenvalue weighted by Gasteiger charge is -2.32. The molecular formula is C13H20N4O3S. The molecule has 1 atom stereocenters. The number of nitrogens with two attached hydrogens (primary N) is 1. The number of rotatable bonds is 3. The van der Waals surface area contributed by atoms with Gasteiger partial charge in [-0.1, -0.05) is 0 Å². The Labute approximate surface area is 124 Å². The first kappa shape index (κ1) is 15.7. The molecule has 0 spiro atoms. The zero-order valence-electron chi connectivity index (χ0n) is 12.3. The van der Waals surface area contributed by atoms with E-state index in [1.165, 1.54) is 18.3 Å². The van der Waals surface area contributed by atoms with E-state index in [4.69, 9.17) is 5.14 Å². The largest absolute Gasteiger partial charge is 0.364 e. The van der Waals surface area contributed by atoms with E-state index in [0.717, 1.165) is 0 Å². The maximum absolute atomic E-state index is 12.0. The zero-order valence-corrected chi connectivity index (χ0v) is 13.1. The van der Waals surface area contributed by atoms with Crippen LogP contribution in [-0.4, -0.2) is 42.3 Å². The second-order valence-corrected chi connectivity index (χ2v) is 7.65. The van der Waals surface area contributed by atoms with Gasteiger partial charge in [-0.05, 0) is 32.9 Å². The van der Waals surface area contributed by atoms with Crippen LogP contribution in [0.4, 0.5) is 5.82 Å². The standard InChI is InChI=1S/C13H20N4O3S/c1-13(2,3)17-8-9(7-11(17)18)16-12-10(21(14,19)20)5-4-6-15-12/h4-6,9H,7-8H2,1-3H3,(H,15,16)(H2,14,19,20). The van der Waals surface area contributed by atoms with Crippen LogP contribution in [0.5, 0.6) is 0 Å². The topological polar surface area (TPSA) is 105 Å². The summed E-state index contributed by atoms with van der Waals surface area (Å²) in [6.07, 6.45) is 1.78. The van der Waals surface area contributed by atoms with Crippen molar-refractivity contribution in [1.29, 1.82) is 0 Å². The molecule has 1 fully saturated rings. The fourth-order valence-corrected chi connectivity index (χ4v) is 3.02. The highest BCUT2D eigenvalue weighted by Gasteiger charge is 2.36. The molecule has 3 N–H and O–H groups in total. The van der Waals surface area contributed by atoms with Crippen LogP contribution in [0.25, 0.3) is 0 Å². The second kappa shape index (κ2) is 5.27. The number of hydrogen-bond donors (Lipinski definition) is 2. The number of likely N-dealkylation sites (tertiary alicyclic amines) is 1. The molecular weight excluding hydrogens is 292 g/mol. The Balaban J connectivity index is 2.20. The summed E-state index contributed by atoms with van der Waals surface area (Å²) in [7, 11) is -3.85. The number of hydrogen-bond acceptors (Lipinski definition) is 5. The number of nitrogens with one attached hydrogen (secondary N) is 1. The van der Waals surface area contributed by atoms with Gasteiger partial charge in [-0.3, -0.25) is 4.79 Å². The Morgan fingerprint density at radius 1 is 1.43 bits per heavy atom. The van der Waals surface area contributed by atoms with Gasteiger partial charge in [-0.25, -0.2) is 18.5 Å². The molecule has 0 aliphatic carbocycles. The third kappa shape index (κ3) is 3.51. The Kier molecular flexibility index (Phi) is 3.94. The van der Waals surface area contributed by atoms with Crippen LogP contribution in [0.1, 0.15) is 27.2 Å². The van der Waals surface area contributed by atoms with Gasteiger partial charge in [0.25, 0.3) is 0 Å². The predicted octanol–water partition coefficient (Wildman–Crippen LogP) is 0.540. The van der Waals surface area contributed by atoms with Crippen molar-refractivity contribution in [2.24, 2.45) is 5.14 Å². The minimum Gasteiger partial charge on any atom is -0.364 e. The van der Waals surface area contributed by atoms with Gasteiger partial charge >= 0.3 is 0 Å². The lowest BCUT2D eigenvalue weighted by atomic mass is 10.1. The van der Waals surface area contributed by atoms with Crippen LogP contribution < -0.4 is 10.5 Å². The third-order valence-corrected chi connectivity index (χ3v) is 4.30. The first-order chi connectivity index (χ1) is 9.59. The van der Waals surface area contributed by atoms with E-state index in [-0.39, 0.29) is 28.2 Å². The van der Waals surface area contributed by atoms with Crippen molar-refractivity contribution in [3.8, 4) is 0 Å². The first-order valence-corrected chi connectivity index (χ1v) is 8.18. The van der Waals surface area contributed by atoms with Crippen LogP contribution in [-0.2, 0) is 14.8 Å². The molecule has 1 amide bonds. The zero-order chi connectivity index (χ0) is 15.8. The monoisotopic (exact) mass is 312 g/mol. The van der Waals surface area contributed by atoms with E-state index in [0.29, 0.717) is 13.0 Å². The highest BCUT2D eigenvalue weighted by atomic mass is 32.2. The molecule has 1 aliphatic heterocycles. The average molecular weight is 312 g/mol. The van der Waals surface area contributed by atoms with E-state index in [1.807, 2.05) is 20.8 Å². The molecule has 0 aromatic carbocycles. The summed E-state index contributed by atoms with van der Waals surface area (Å²) in [4.78, 5) is 17.8. The van der Waals surface area contributed by atoms with Gasteiger partial charge in [0, 0.05) is 24.7 Å². The summed E-state index contributed by atoms with van der Waals surface area (Å²) < 4.78 is 23.1. The molecule has 1 aromatic rings. The van der Waals surface area contributed by atoms with Crippen molar-refractivity contribution < 1.29 is 13.2 Å². The quantitative estimate of drug-likeness (QED) is 0.847. The maximum atomic E-state index is 12.0. The van der Waals surface area contributed by atoms with Crippen LogP contribution in [0.2, 0.25) is 0 Å². The normalized spacial score (nSPS) is 19.9. The van der Waals surface area contributed by atoms with Crippen molar-refractivity contribution in [3.05, 3.63) is 18.3 Å². The van der Waals surface area contributed by atoms with Crippen molar-refractivity contribution in [2.75, 3.05) is 11.9 Å². The SMILES string of the molecule is CC(C)(C)N1CC(Nc2ncccc2S(N)(=O)=O)CC1=O. The molecule has 21 heavy (non-hydrogen) atoms. The van der Waals surface area contributed by atoms with Gasteiger partial charge in [-0.2, -0.15) is 0 Å². The molecule has 7 nitrogen and oxygen atoms in total. The third-order valence-electron chi connectivity index (χ3n) is 3.35. The maximum Gasteiger partial charge on any atom is 0.241 e. The number of aromatic nitrogens is 1. The minimum atomic E-state index is -3.85. The van der Waals surface area contributed by atoms with E-state index >= 15 is 0 Å². The number of sulfonamides is 1. The van der Waals surface area contributed by atoms with Crippen LogP contribution in [0, 0.1) is 0 Å². The summed E-state index contributed by atoms with van der Waals surface area (Å²) in [5, 5.41) is 8.19. The first-order valence-electron chi connectivity index (χ1n) is 6.64. The second-order valence-electron chi connectivity index (χ2n) is 6.12. The van der Waals surface area contributed by atoms with Crippen molar-refractivity contribution in [1.82, 2.24) is 9.88 Å². The molecule has 1 aliphatic rings. The van der Waals surface area contributed by atoms with Gasteiger partial charge in [0.15, 0.2) is 0 Å². The van der Waals surface area contributed by atoms with Crippen molar-refractivity contribution >= 4 is 21.7 Å². The van der Waals surface area contributed by atoms with E-state index < -0.39 is 10.0 Å². The van der Waals surface area contributed by atoms with Gasteiger partial charge in [-0.15, -0.1) is 0 Å². The Morgan fingerprint density at radius 2 is 2.10 bits per heavy atom. The summed E-state index contributed by atoms with van der Waals surface area (Å²) in [6, 6.07) is 2.71. The summed E-state index contributed by atoms with van der Waals surface area (Å²) in [6.45, 7) is 6.39.